The molecule has 0 fully saturated rings. The highest BCUT2D eigenvalue weighted by Crippen LogP contribution is 2.22. The Labute approximate surface area is 129 Å². The molecule has 0 spiro atoms. The molecule has 0 radical (unpaired) electrons. The molecule has 0 saturated heterocycles. The summed E-state index contributed by atoms with van der Waals surface area (Å²) in [6, 6.07) is 14.0. The van der Waals surface area contributed by atoms with Crippen LogP contribution in [0, 0.1) is 27.7 Å². The van der Waals surface area contributed by atoms with Gasteiger partial charge in [-0.2, -0.15) is 0 Å². The third kappa shape index (κ3) is 4.18. The SMILES string of the molecule is CCNC(Cc1ccc(C)c(C)c1)c1cc(C)cc(C)c1. The van der Waals surface area contributed by atoms with Crippen LogP contribution >= 0.6 is 0 Å². The second-order valence-electron chi connectivity index (χ2n) is 6.15. The minimum Gasteiger partial charge on any atom is -0.310 e. The minimum absolute atomic E-state index is 0.385. The molecular formula is C20H27N. The van der Waals surface area contributed by atoms with Gasteiger partial charge >= 0.3 is 0 Å². The topological polar surface area (TPSA) is 12.0 Å². The van der Waals surface area contributed by atoms with E-state index in [0.29, 0.717) is 6.04 Å². The summed E-state index contributed by atoms with van der Waals surface area (Å²) in [5, 5.41) is 3.64. The summed E-state index contributed by atoms with van der Waals surface area (Å²) in [6.45, 7) is 11.9. The van der Waals surface area contributed by atoms with Crippen molar-refractivity contribution in [1.82, 2.24) is 5.32 Å². The maximum absolute atomic E-state index is 3.64. The molecule has 1 unspecified atom stereocenters. The summed E-state index contributed by atoms with van der Waals surface area (Å²) >= 11 is 0. The van der Waals surface area contributed by atoms with Crippen LogP contribution in [0.2, 0.25) is 0 Å². The van der Waals surface area contributed by atoms with E-state index < -0.39 is 0 Å². The van der Waals surface area contributed by atoms with Gasteiger partial charge in [0.1, 0.15) is 0 Å². The molecule has 0 aliphatic heterocycles. The number of benzene rings is 2. The molecule has 0 aliphatic carbocycles. The summed E-state index contributed by atoms with van der Waals surface area (Å²) in [5.41, 5.74) is 8.23. The van der Waals surface area contributed by atoms with Crippen molar-refractivity contribution in [2.45, 2.75) is 47.1 Å². The van der Waals surface area contributed by atoms with Gasteiger partial charge in [-0.25, -0.2) is 0 Å². The molecule has 0 bridgehead atoms. The van der Waals surface area contributed by atoms with Gasteiger partial charge in [-0.15, -0.1) is 0 Å². The molecule has 0 heterocycles. The maximum atomic E-state index is 3.64. The van der Waals surface area contributed by atoms with E-state index >= 15 is 0 Å². The molecule has 2 aromatic carbocycles. The fourth-order valence-electron chi connectivity index (χ4n) is 2.93. The molecule has 21 heavy (non-hydrogen) atoms. The van der Waals surface area contributed by atoms with Crippen LogP contribution in [0.15, 0.2) is 36.4 Å². The van der Waals surface area contributed by atoms with Crippen molar-refractivity contribution in [3.05, 3.63) is 69.8 Å². The zero-order valence-electron chi connectivity index (χ0n) is 14.0. The number of rotatable bonds is 5. The molecular weight excluding hydrogens is 254 g/mol. The van der Waals surface area contributed by atoms with E-state index in [1.807, 2.05) is 0 Å². The first-order valence-corrected chi connectivity index (χ1v) is 7.87. The minimum atomic E-state index is 0.385. The van der Waals surface area contributed by atoms with Crippen molar-refractivity contribution < 1.29 is 0 Å². The smallest absolute Gasteiger partial charge is 0.0360 e. The largest absolute Gasteiger partial charge is 0.310 e. The number of likely N-dealkylation sites (N-methyl/N-ethyl adjacent to an activating group) is 1. The van der Waals surface area contributed by atoms with Gasteiger partial charge in [0.25, 0.3) is 0 Å². The fraction of sp³-hybridized carbons (Fsp3) is 0.400. The molecule has 112 valence electrons. The standard InChI is InChI=1S/C20H27N/c1-6-21-20(19-10-14(2)9-15(3)11-19)13-18-8-7-16(4)17(5)12-18/h7-12,20-21H,6,13H2,1-5H3. The molecule has 1 heteroatoms. The first-order chi connectivity index (χ1) is 9.99. The van der Waals surface area contributed by atoms with E-state index in [-0.39, 0.29) is 0 Å². The molecule has 0 saturated carbocycles. The van der Waals surface area contributed by atoms with Crippen molar-refractivity contribution >= 4 is 0 Å². The predicted octanol–water partition coefficient (Wildman–Crippen LogP) is 4.81. The molecule has 0 amide bonds. The van der Waals surface area contributed by atoms with Crippen LogP contribution in [-0.2, 0) is 6.42 Å². The molecule has 1 N–H and O–H groups in total. The number of aryl methyl sites for hydroxylation is 4. The Kier molecular flexibility index (Phi) is 5.19. The van der Waals surface area contributed by atoms with Crippen LogP contribution in [-0.4, -0.2) is 6.54 Å². The van der Waals surface area contributed by atoms with E-state index in [1.165, 1.54) is 33.4 Å². The van der Waals surface area contributed by atoms with Gasteiger partial charge in [-0.3, -0.25) is 0 Å². The van der Waals surface area contributed by atoms with Gasteiger partial charge in [0, 0.05) is 6.04 Å². The Balaban J connectivity index is 2.27. The maximum Gasteiger partial charge on any atom is 0.0360 e. The molecule has 2 aromatic rings. The summed E-state index contributed by atoms with van der Waals surface area (Å²) < 4.78 is 0. The third-order valence-electron chi connectivity index (χ3n) is 4.11. The van der Waals surface area contributed by atoms with E-state index in [0.717, 1.165) is 13.0 Å². The van der Waals surface area contributed by atoms with Crippen molar-refractivity contribution in [2.24, 2.45) is 0 Å². The van der Waals surface area contributed by atoms with Crippen molar-refractivity contribution in [3.63, 3.8) is 0 Å². The van der Waals surface area contributed by atoms with E-state index in [9.17, 15) is 0 Å². The van der Waals surface area contributed by atoms with Gasteiger partial charge in [-0.1, -0.05) is 54.4 Å². The number of hydrogen-bond donors (Lipinski definition) is 1. The lowest BCUT2D eigenvalue weighted by molar-refractivity contribution is 0.549. The van der Waals surface area contributed by atoms with Crippen LogP contribution in [0.25, 0.3) is 0 Å². The normalized spacial score (nSPS) is 12.4. The Morgan fingerprint density at radius 2 is 1.52 bits per heavy atom. The Morgan fingerprint density at radius 3 is 2.10 bits per heavy atom. The second-order valence-corrected chi connectivity index (χ2v) is 6.15. The highest BCUT2D eigenvalue weighted by Gasteiger charge is 2.12. The fourth-order valence-corrected chi connectivity index (χ4v) is 2.93. The van der Waals surface area contributed by atoms with Crippen molar-refractivity contribution in [2.75, 3.05) is 6.54 Å². The van der Waals surface area contributed by atoms with Crippen LogP contribution in [0.1, 0.15) is 46.3 Å². The van der Waals surface area contributed by atoms with Gasteiger partial charge < -0.3 is 5.32 Å². The number of nitrogens with one attached hydrogen (secondary N) is 1. The molecule has 0 aromatic heterocycles. The van der Waals surface area contributed by atoms with Gasteiger partial charge in [-0.05, 0) is 62.9 Å². The number of hydrogen-bond acceptors (Lipinski definition) is 1. The average molecular weight is 281 g/mol. The molecule has 1 atom stereocenters. The first-order valence-electron chi connectivity index (χ1n) is 7.87. The van der Waals surface area contributed by atoms with Gasteiger partial charge in [0.05, 0.1) is 0 Å². The van der Waals surface area contributed by atoms with Crippen LogP contribution in [0.4, 0.5) is 0 Å². The lowest BCUT2D eigenvalue weighted by atomic mass is 9.94. The molecule has 2 rings (SSSR count). The van der Waals surface area contributed by atoms with Gasteiger partial charge in [0.2, 0.25) is 0 Å². The first kappa shape index (κ1) is 15.8. The monoisotopic (exact) mass is 281 g/mol. The van der Waals surface area contributed by atoms with E-state index in [4.69, 9.17) is 0 Å². The summed E-state index contributed by atoms with van der Waals surface area (Å²) in [4.78, 5) is 0. The quantitative estimate of drug-likeness (QED) is 0.829. The summed E-state index contributed by atoms with van der Waals surface area (Å²) in [6.07, 6.45) is 1.04. The van der Waals surface area contributed by atoms with Crippen molar-refractivity contribution in [1.29, 1.82) is 0 Å². The van der Waals surface area contributed by atoms with Crippen LogP contribution < -0.4 is 5.32 Å². The predicted molar refractivity (Wildman–Crippen MR) is 92.0 cm³/mol. The Bertz CT molecular complexity index is 593. The van der Waals surface area contributed by atoms with Crippen LogP contribution in [0.3, 0.4) is 0 Å². The van der Waals surface area contributed by atoms with Crippen LogP contribution in [0.5, 0.6) is 0 Å². The van der Waals surface area contributed by atoms with E-state index in [1.54, 1.807) is 0 Å². The Hall–Kier alpha value is -1.60. The summed E-state index contributed by atoms with van der Waals surface area (Å²) in [7, 11) is 0. The Morgan fingerprint density at radius 1 is 0.857 bits per heavy atom. The average Bonchev–Trinajstić information content (AvgIpc) is 2.41. The third-order valence-corrected chi connectivity index (χ3v) is 4.11. The van der Waals surface area contributed by atoms with E-state index in [2.05, 4.69) is 76.3 Å². The zero-order valence-corrected chi connectivity index (χ0v) is 14.0. The van der Waals surface area contributed by atoms with Crippen molar-refractivity contribution in [3.8, 4) is 0 Å². The lowest BCUT2D eigenvalue weighted by Crippen LogP contribution is -2.23. The highest BCUT2D eigenvalue weighted by atomic mass is 14.9. The zero-order chi connectivity index (χ0) is 15.4. The van der Waals surface area contributed by atoms with Gasteiger partial charge in [0.15, 0.2) is 0 Å². The highest BCUT2D eigenvalue weighted by molar-refractivity contribution is 5.34. The molecule has 0 aliphatic rings. The second kappa shape index (κ2) is 6.91. The lowest BCUT2D eigenvalue weighted by Gasteiger charge is -2.20. The summed E-state index contributed by atoms with van der Waals surface area (Å²) in [5.74, 6) is 0. The molecule has 1 nitrogen and oxygen atoms in total.